The van der Waals surface area contributed by atoms with Crippen LogP contribution >= 0.6 is 24.0 Å². The summed E-state index contributed by atoms with van der Waals surface area (Å²) in [5.41, 5.74) is 7.10. The summed E-state index contributed by atoms with van der Waals surface area (Å²) in [4.78, 5) is 24.6. The molecule has 0 fully saturated rings. The first-order valence-electron chi connectivity index (χ1n) is 8.01. The lowest BCUT2D eigenvalue weighted by Gasteiger charge is -2.24. The zero-order valence-electron chi connectivity index (χ0n) is 14.9. The molecule has 0 saturated carbocycles. The molecule has 7 heteroatoms. The number of hydrogen-bond acceptors (Lipinski definition) is 3. The lowest BCUT2D eigenvalue weighted by Crippen LogP contribution is -2.42. The van der Waals surface area contributed by atoms with Crippen molar-refractivity contribution in [3.05, 3.63) is 58.6 Å². The minimum Gasteiger partial charge on any atom is -0.398 e. The predicted octanol–water partition coefficient (Wildman–Crippen LogP) is 4.51. The number of rotatable bonds is 5. The van der Waals surface area contributed by atoms with Crippen molar-refractivity contribution in [2.24, 2.45) is 0 Å². The van der Waals surface area contributed by atoms with Gasteiger partial charge in [0, 0.05) is 16.9 Å². The van der Waals surface area contributed by atoms with Gasteiger partial charge < -0.3 is 16.4 Å². The van der Waals surface area contributed by atoms with E-state index in [2.05, 4.69) is 10.6 Å². The number of nitrogens with two attached hydrogens (primary N) is 1. The Kier molecular flexibility index (Phi) is 7.48. The van der Waals surface area contributed by atoms with E-state index in [4.69, 9.17) is 17.3 Å². The van der Waals surface area contributed by atoms with Gasteiger partial charge in [-0.1, -0.05) is 30.7 Å². The van der Waals surface area contributed by atoms with Gasteiger partial charge in [0.25, 0.3) is 11.8 Å². The molecule has 2 aromatic carbocycles. The van der Waals surface area contributed by atoms with E-state index in [9.17, 15) is 9.59 Å². The highest BCUT2D eigenvalue weighted by atomic mass is 35.5. The highest BCUT2D eigenvalue weighted by Gasteiger charge is 2.20. The maximum Gasteiger partial charge on any atom is 0.257 e. The van der Waals surface area contributed by atoms with E-state index in [-0.39, 0.29) is 34.8 Å². The molecule has 5 nitrogen and oxygen atoms in total. The molecule has 0 saturated heterocycles. The Morgan fingerprint density at radius 3 is 2.31 bits per heavy atom. The first-order chi connectivity index (χ1) is 11.7. The van der Waals surface area contributed by atoms with Gasteiger partial charge in [-0.2, -0.15) is 0 Å². The molecule has 2 rings (SSSR count). The molecule has 0 aliphatic rings. The van der Waals surface area contributed by atoms with Crippen LogP contribution in [0.25, 0.3) is 0 Å². The molecule has 0 aliphatic heterocycles. The van der Waals surface area contributed by atoms with Gasteiger partial charge in [0.1, 0.15) is 0 Å². The van der Waals surface area contributed by atoms with E-state index in [1.54, 1.807) is 42.5 Å². The summed E-state index contributed by atoms with van der Waals surface area (Å²) >= 11 is 6.22. The van der Waals surface area contributed by atoms with Crippen molar-refractivity contribution in [1.82, 2.24) is 5.32 Å². The van der Waals surface area contributed by atoms with Crippen LogP contribution < -0.4 is 16.4 Å². The van der Waals surface area contributed by atoms with Crippen LogP contribution in [0.3, 0.4) is 0 Å². The molecule has 4 N–H and O–H groups in total. The number of carbonyl (C=O) groups excluding carboxylic acids is 2. The van der Waals surface area contributed by atoms with Gasteiger partial charge in [-0.15, -0.1) is 12.4 Å². The van der Waals surface area contributed by atoms with E-state index < -0.39 is 0 Å². The van der Waals surface area contributed by atoms with Crippen LogP contribution in [0, 0.1) is 0 Å². The van der Waals surface area contributed by atoms with Crippen molar-refractivity contribution in [2.75, 3.05) is 11.1 Å². The molecule has 2 aromatic rings. The number of anilines is 2. The molecule has 140 valence electrons. The molecule has 2 amide bonds. The number of carbonyl (C=O) groups is 2. The summed E-state index contributed by atoms with van der Waals surface area (Å²) in [6.45, 7) is 5.88. The standard InChI is InChI=1S/C19H22ClN3O2.ClH/c1-4-19(2,3)23-18(25)13-10-9-12(11-15(13)20)22-17(24)14-7-5-6-8-16(14)21;/h5-11H,4,21H2,1-3H3,(H,22,24)(H,23,25);1H. The molecule has 0 heterocycles. The fourth-order valence-electron chi connectivity index (χ4n) is 2.14. The minimum absolute atomic E-state index is 0. The number of para-hydroxylation sites is 1. The van der Waals surface area contributed by atoms with Crippen LogP contribution in [-0.2, 0) is 0 Å². The molecule has 26 heavy (non-hydrogen) atoms. The van der Waals surface area contributed by atoms with Crippen molar-refractivity contribution in [3.63, 3.8) is 0 Å². The second-order valence-electron chi connectivity index (χ2n) is 6.43. The smallest absolute Gasteiger partial charge is 0.257 e. The Hall–Kier alpha value is -2.24. The Morgan fingerprint density at radius 1 is 1.08 bits per heavy atom. The van der Waals surface area contributed by atoms with Gasteiger partial charge in [-0.25, -0.2) is 0 Å². The molecule has 0 unspecified atom stereocenters. The molecular formula is C19H23Cl2N3O2. The highest BCUT2D eigenvalue weighted by molar-refractivity contribution is 6.34. The SMILES string of the molecule is CCC(C)(C)NC(=O)c1ccc(NC(=O)c2ccccc2N)cc1Cl.Cl. The van der Waals surface area contributed by atoms with Gasteiger partial charge in [0.2, 0.25) is 0 Å². The van der Waals surface area contributed by atoms with Gasteiger partial charge >= 0.3 is 0 Å². The number of halogens is 2. The highest BCUT2D eigenvalue weighted by Crippen LogP contribution is 2.23. The third-order valence-electron chi connectivity index (χ3n) is 4.01. The average Bonchev–Trinajstić information content (AvgIpc) is 2.54. The molecular weight excluding hydrogens is 373 g/mol. The maximum atomic E-state index is 12.3. The van der Waals surface area contributed by atoms with Crippen molar-refractivity contribution in [3.8, 4) is 0 Å². The zero-order valence-corrected chi connectivity index (χ0v) is 16.5. The van der Waals surface area contributed by atoms with Crippen LogP contribution in [0.15, 0.2) is 42.5 Å². The molecule has 0 radical (unpaired) electrons. The lowest BCUT2D eigenvalue weighted by molar-refractivity contribution is 0.0911. The third-order valence-corrected chi connectivity index (χ3v) is 4.33. The Morgan fingerprint density at radius 2 is 1.73 bits per heavy atom. The molecule has 0 aromatic heterocycles. The molecule has 0 spiro atoms. The summed E-state index contributed by atoms with van der Waals surface area (Å²) in [6, 6.07) is 11.6. The number of amides is 2. The summed E-state index contributed by atoms with van der Waals surface area (Å²) < 4.78 is 0. The predicted molar refractivity (Wildman–Crippen MR) is 109 cm³/mol. The number of benzene rings is 2. The van der Waals surface area contributed by atoms with Crippen molar-refractivity contribution >= 4 is 47.2 Å². The van der Waals surface area contributed by atoms with E-state index in [1.807, 2.05) is 20.8 Å². The average molecular weight is 396 g/mol. The van der Waals surface area contributed by atoms with E-state index in [0.29, 0.717) is 22.5 Å². The second-order valence-corrected chi connectivity index (χ2v) is 6.83. The normalized spacial score (nSPS) is 10.6. The summed E-state index contributed by atoms with van der Waals surface area (Å²) in [5, 5.41) is 5.93. The zero-order chi connectivity index (χ0) is 18.6. The Labute approximate surface area is 164 Å². The van der Waals surface area contributed by atoms with Crippen LogP contribution in [0.5, 0.6) is 0 Å². The first kappa shape index (κ1) is 21.8. The third kappa shape index (κ3) is 5.38. The molecule has 0 bridgehead atoms. The van der Waals surface area contributed by atoms with Gasteiger partial charge in [-0.05, 0) is 50.6 Å². The number of nitrogens with one attached hydrogen (secondary N) is 2. The summed E-state index contributed by atoms with van der Waals surface area (Å²) in [7, 11) is 0. The summed E-state index contributed by atoms with van der Waals surface area (Å²) in [5.74, 6) is -0.583. The van der Waals surface area contributed by atoms with Crippen LogP contribution in [0.2, 0.25) is 5.02 Å². The fourth-order valence-corrected chi connectivity index (χ4v) is 2.41. The van der Waals surface area contributed by atoms with Crippen LogP contribution in [0.1, 0.15) is 47.9 Å². The topological polar surface area (TPSA) is 84.2 Å². The Bertz CT molecular complexity index is 807. The van der Waals surface area contributed by atoms with Gasteiger partial charge in [-0.3, -0.25) is 9.59 Å². The summed E-state index contributed by atoms with van der Waals surface area (Å²) in [6.07, 6.45) is 0.795. The van der Waals surface area contributed by atoms with Crippen LogP contribution in [-0.4, -0.2) is 17.4 Å². The maximum absolute atomic E-state index is 12.3. The number of hydrogen-bond donors (Lipinski definition) is 3. The fraction of sp³-hybridized carbons (Fsp3) is 0.263. The monoisotopic (exact) mass is 395 g/mol. The second kappa shape index (κ2) is 8.92. The van der Waals surface area contributed by atoms with E-state index in [0.717, 1.165) is 6.42 Å². The van der Waals surface area contributed by atoms with Gasteiger partial charge in [0.15, 0.2) is 0 Å². The van der Waals surface area contributed by atoms with Crippen molar-refractivity contribution < 1.29 is 9.59 Å². The van der Waals surface area contributed by atoms with E-state index in [1.165, 1.54) is 0 Å². The van der Waals surface area contributed by atoms with Crippen molar-refractivity contribution in [2.45, 2.75) is 32.7 Å². The largest absolute Gasteiger partial charge is 0.398 e. The molecule has 0 atom stereocenters. The minimum atomic E-state index is -0.335. The van der Waals surface area contributed by atoms with Crippen molar-refractivity contribution in [1.29, 1.82) is 0 Å². The quantitative estimate of drug-likeness (QED) is 0.650. The Balaban J connectivity index is 0.00000338. The van der Waals surface area contributed by atoms with Gasteiger partial charge in [0.05, 0.1) is 16.1 Å². The number of nitrogen functional groups attached to an aromatic ring is 1. The van der Waals surface area contributed by atoms with Crippen LogP contribution in [0.4, 0.5) is 11.4 Å². The lowest BCUT2D eigenvalue weighted by atomic mass is 10.0. The van der Waals surface area contributed by atoms with E-state index >= 15 is 0 Å². The molecule has 0 aliphatic carbocycles. The first-order valence-corrected chi connectivity index (χ1v) is 8.39.